The summed E-state index contributed by atoms with van der Waals surface area (Å²) >= 11 is 0. The highest BCUT2D eigenvalue weighted by molar-refractivity contribution is 5.67. The van der Waals surface area contributed by atoms with E-state index >= 15 is 0 Å². The van der Waals surface area contributed by atoms with Crippen LogP contribution in [-0.2, 0) is 14.4 Å². The molecule has 0 spiro atoms. The number of aliphatic carboxylic acids is 3. The molecule has 0 rings (SSSR count). The summed E-state index contributed by atoms with van der Waals surface area (Å²) < 4.78 is 0.871. The first-order valence-corrected chi connectivity index (χ1v) is 18.5. The van der Waals surface area contributed by atoms with Gasteiger partial charge in [0, 0.05) is 19.3 Å². The van der Waals surface area contributed by atoms with Gasteiger partial charge in [0.2, 0.25) is 0 Å². The lowest BCUT2D eigenvalue weighted by molar-refractivity contribution is -0.929. The molecule has 0 aromatic carbocycles. The number of carboxylic acids is 3. The van der Waals surface area contributed by atoms with Crippen LogP contribution in [0.25, 0.3) is 0 Å². The fraction of sp³-hybridized carbons (Fsp3) is 0.865. The summed E-state index contributed by atoms with van der Waals surface area (Å²) in [5.41, 5.74) is 0. The zero-order chi connectivity index (χ0) is 32.6. The van der Waals surface area contributed by atoms with Gasteiger partial charge in [0.05, 0.1) is 26.2 Å². The second-order valence-corrected chi connectivity index (χ2v) is 13.1. The fourth-order valence-electron chi connectivity index (χ4n) is 6.31. The van der Waals surface area contributed by atoms with Crippen LogP contribution in [0, 0.1) is 0 Å². The molecule has 0 amide bonds. The molecule has 0 atom stereocenters. The molecular weight excluding hydrogens is 554 g/mol. The molecule has 0 unspecified atom stereocenters. The Morgan fingerprint density at radius 1 is 0.409 bits per heavy atom. The molecule has 0 aliphatic rings. The normalized spacial score (nSPS) is 11.8. The van der Waals surface area contributed by atoms with Crippen molar-refractivity contribution in [3.05, 3.63) is 12.2 Å². The summed E-state index contributed by atoms with van der Waals surface area (Å²) in [7, 11) is 0. The Labute approximate surface area is 270 Å². The van der Waals surface area contributed by atoms with E-state index < -0.39 is 17.9 Å². The topological polar surface area (TPSA) is 112 Å². The molecule has 0 fully saturated rings. The van der Waals surface area contributed by atoms with E-state index in [4.69, 9.17) is 15.3 Å². The van der Waals surface area contributed by atoms with E-state index in [2.05, 4.69) is 19.1 Å². The fourth-order valence-corrected chi connectivity index (χ4v) is 6.31. The van der Waals surface area contributed by atoms with Gasteiger partial charge in [-0.25, -0.2) is 0 Å². The van der Waals surface area contributed by atoms with Crippen LogP contribution in [0.5, 0.6) is 0 Å². The molecule has 7 heteroatoms. The Balaban J connectivity index is 4.21. The Morgan fingerprint density at radius 3 is 0.977 bits per heavy atom. The number of carboxylic acid groups (broad SMARTS) is 3. The van der Waals surface area contributed by atoms with Crippen molar-refractivity contribution in [2.24, 2.45) is 0 Å². The first-order chi connectivity index (χ1) is 21.3. The van der Waals surface area contributed by atoms with Crippen LogP contribution in [0.3, 0.4) is 0 Å². The van der Waals surface area contributed by atoms with E-state index in [-0.39, 0.29) is 19.3 Å². The van der Waals surface area contributed by atoms with E-state index in [1.54, 1.807) is 0 Å². The van der Waals surface area contributed by atoms with Crippen molar-refractivity contribution in [1.29, 1.82) is 0 Å². The third kappa shape index (κ3) is 30.1. The van der Waals surface area contributed by atoms with E-state index in [1.807, 2.05) is 0 Å². The van der Waals surface area contributed by atoms with E-state index in [0.717, 1.165) is 62.8 Å². The summed E-state index contributed by atoms with van der Waals surface area (Å²) in [6.07, 6.45) is 33.3. The van der Waals surface area contributed by atoms with Crippen molar-refractivity contribution in [3.63, 3.8) is 0 Å². The maximum Gasteiger partial charge on any atom is 0.303 e. The molecule has 0 aromatic heterocycles. The van der Waals surface area contributed by atoms with Crippen molar-refractivity contribution in [3.8, 4) is 0 Å². The molecular formula is C37H70NO6+. The van der Waals surface area contributed by atoms with Gasteiger partial charge in [-0.3, -0.25) is 14.4 Å². The maximum atomic E-state index is 11.0. The van der Waals surface area contributed by atoms with Gasteiger partial charge in [0.1, 0.15) is 0 Å². The molecule has 7 nitrogen and oxygen atoms in total. The first kappa shape index (κ1) is 42.1. The SMILES string of the molecule is CC/C=C/CCCCCCCCCCCCCCCCCC[N+](CCCCC(=O)O)(CCCCC(=O)O)CCCCC(=O)O. The summed E-state index contributed by atoms with van der Waals surface area (Å²) in [5, 5.41) is 27.2. The predicted molar refractivity (Wildman–Crippen MR) is 182 cm³/mol. The van der Waals surface area contributed by atoms with Gasteiger partial charge in [0.25, 0.3) is 0 Å². The van der Waals surface area contributed by atoms with Crippen LogP contribution in [0.4, 0.5) is 0 Å². The minimum absolute atomic E-state index is 0.176. The average molecular weight is 625 g/mol. The second kappa shape index (κ2) is 31.1. The van der Waals surface area contributed by atoms with Crippen molar-refractivity contribution < 1.29 is 34.2 Å². The van der Waals surface area contributed by atoms with Crippen molar-refractivity contribution in [1.82, 2.24) is 0 Å². The standard InChI is InChI=1S/C37H69NO6/c1-2-3-4-5-6-7-8-9-10-11-12-13-14-15-16-17-18-19-20-24-31-38(32-25-21-28-35(39)40,33-26-22-29-36(41)42)34-27-23-30-37(43)44/h3-4H,2,5-34H2,1H3,(H2-,39,40,41,42,43,44)/p+1/b4-3+. The predicted octanol–water partition coefficient (Wildman–Crippen LogP) is 10.2. The van der Waals surface area contributed by atoms with Crippen molar-refractivity contribution in [2.45, 2.75) is 180 Å². The monoisotopic (exact) mass is 625 g/mol. The lowest BCUT2D eigenvalue weighted by atomic mass is 10.0. The van der Waals surface area contributed by atoms with E-state index in [1.165, 1.54) is 103 Å². The van der Waals surface area contributed by atoms with Gasteiger partial charge in [0.15, 0.2) is 0 Å². The Hall–Kier alpha value is -1.89. The Bertz CT molecular complexity index is 668. The number of carbonyl (C=O) groups is 3. The number of hydrogen-bond acceptors (Lipinski definition) is 3. The number of allylic oxidation sites excluding steroid dienone is 2. The average Bonchev–Trinajstić information content (AvgIpc) is 2.98. The molecule has 258 valence electrons. The highest BCUT2D eigenvalue weighted by Gasteiger charge is 2.26. The minimum atomic E-state index is -0.765. The lowest BCUT2D eigenvalue weighted by Crippen LogP contribution is -2.51. The zero-order valence-corrected chi connectivity index (χ0v) is 28.6. The van der Waals surface area contributed by atoms with E-state index in [0.29, 0.717) is 19.3 Å². The molecule has 0 aromatic rings. The van der Waals surface area contributed by atoms with Gasteiger partial charge in [-0.15, -0.1) is 0 Å². The Kier molecular flexibility index (Phi) is 29.8. The van der Waals surface area contributed by atoms with Crippen LogP contribution in [-0.4, -0.2) is 63.9 Å². The van der Waals surface area contributed by atoms with Gasteiger partial charge in [-0.2, -0.15) is 0 Å². The first-order valence-electron chi connectivity index (χ1n) is 18.5. The number of nitrogens with zero attached hydrogens (tertiary/aromatic N) is 1. The van der Waals surface area contributed by atoms with Crippen LogP contribution in [0.2, 0.25) is 0 Å². The molecule has 0 aliphatic carbocycles. The van der Waals surface area contributed by atoms with Crippen LogP contribution in [0.1, 0.15) is 180 Å². The summed E-state index contributed by atoms with van der Waals surface area (Å²) in [5.74, 6) is -2.30. The Morgan fingerprint density at radius 2 is 0.682 bits per heavy atom. The van der Waals surface area contributed by atoms with Gasteiger partial charge in [-0.05, 0) is 70.6 Å². The quantitative estimate of drug-likeness (QED) is 0.0367. The summed E-state index contributed by atoms with van der Waals surface area (Å²) in [4.78, 5) is 33.1. The number of rotatable bonds is 35. The van der Waals surface area contributed by atoms with Crippen LogP contribution >= 0.6 is 0 Å². The third-order valence-corrected chi connectivity index (χ3v) is 8.97. The highest BCUT2D eigenvalue weighted by atomic mass is 16.4. The molecule has 0 saturated carbocycles. The third-order valence-electron chi connectivity index (χ3n) is 8.97. The summed E-state index contributed by atoms with van der Waals surface area (Å²) in [6.45, 7) is 5.89. The van der Waals surface area contributed by atoms with Crippen molar-refractivity contribution in [2.75, 3.05) is 26.2 Å². The molecule has 44 heavy (non-hydrogen) atoms. The highest BCUT2D eigenvalue weighted by Crippen LogP contribution is 2.20. The van der Waals surface area contributed by atoms with Crippen LogP contribution in [0.15, 0.2) is 12.2 Å². The van der Waals surface area contributed by atoms with Crippen LogP contribution < -0.4 is 0 Å². The lowest BCUT2D eigenvalue weighted by Gasteiger charge is -2.39. The molecule has 0 heterocycles. The van der Waals surface area contributed by atoms with Gasteiger partial charge in [-0.1, -0.05) is 103 Å². The number of quaternary nitrogens is 1. The van der Waals surface area contributed by atoms with Gasteiger partial charge >= 0.3 is 17.9 Å². The maximum absolute atomic E-state index is 11.0. The minimum Gasteiger partial charge on any atom is -0.481 e. The molecule has 3 N–H and O–H groups in total. The zero-order valence-electron chi connectivity index (χ0n) is 28.6. The number of hydrogen-bond donors (Lipinski definition) is 3. The number of unbranched alkanes of at least 4 members (excludes halogenated alkanes) is 19. The molecule has 0 aliphatic heterocycles. The summed E-state index contributed by atoms with van der Waals surface area (Å²) in [6, 6.07) is 0. The van der Waals surface area contributed by atoms with E-state index in [9.17, 15) is 14.4 Å². The molecule has 0 saturated heterocycles. The molecule has 0 bridgehead atoms. The molecule has 0 radical (unpaired) electrons. The smallest absolute Gasteiger partial charge is 0.303 e. The second-order valence-electron chi connectivity index (χ2n) is 13.1. The van der Waals surface area contributed by atoms with Gasteiger partial charge < -0.3 is 19.8 Å². The largest absolute Gasteiger partial charge is 0.481 e. The van der Waals surface area contributed by atoms with Crippen molar-refractivity contribution >= 4 is 17.9 Å².